The molecule has 0 aromatic heterocycles. The molecule has 0 heterocycles. The van der Waals surface area contributed by atoms with Crippen LogP contribution in [-0.2, 0) is 0 Å². The summed E-state index contributed by atoms with van der Waals surface area (Å²) in [5, 5.41) is 4.72. The van der Waals surface area contributed by atoms with Crippen LogP contribution in [0.4, 0.5) is 0 Å². The molecule has 0 aliphatic heterocycles. The van der Waals surface area contributed by atoms with Crippen molar-refractivity contribution in [3.63, 3.8) is 0 Å². The van der Waals surface area contributed by atoms with E-state index in [4.69, 9.17) is 0 Å². The van der Waals surface area contributed by atoms with Crippen LogP contribution >= 0.6 is 0 Å². The Bertz CT molecular complexity index is 39.7. The SMILES string of the molecule is CC[CH2][GeH]([CH2]C)[CH2]C. The van der Waals surface area contributed by atoms with Crippen LogP contribution in [0.5, 0.6) is 0 Å². The zero-order chi connectivity index (χ0) is 6.41. The molecule has 0 fully saturated rings. The van der Waals surface area contributed by atoms with E-state index in [2.05, 4.69) is 20.8 Å². The second-order valence-corrected chi connectivity index (χ2v) is 10.7. The molecule has 50 valence electrons. The molecular formula is C7H18Ge. The van der Waals surface area contributed by atoms with Gasteiger partial charge in [0, 0.05) is 0 Å². The second kappa shape index (κ2) is 5.68. The Kier molecular flexibility index (Phi) is 6.06. The van der Waals surface area contributed by atoms with E-state index in [1.807, 2.05) is 0 Å². The van der Waals surface area contributed by atoms with Gasteiger partial charge in [-0.1, -0.05) is 0 Å². The summed E-state index contributed by atoms with van der Waals surface area (Å²) in [6, 6.07) is 0. The van der Waals surface area contributed by atoms with Gasteiger partial charge in [-0.25, -0.2) is 0 Å². The molecule has 0 saturated heterocycles. The fraction of sp³-hybridized carbons (Fsp3) is 1.00. The maximum absolute atomic E-state index is 2.36. The van der Waals surface area contributed by atoms with Crippen LogP contribution in [0, 0.1) is 0 Å². The molecule has 0 rings (SSSR count). The molecule has 0 bridgehead atoms. The van der Waals surface area contributed by atoms with Gasteiger partial charge in [0.25, 0.3) is 0 Å². The number of hydrogen-bond donors (Lipinski definition) is 0. The standard InChI is InChI=1S/C7H18Ge/c1-4-7-8(5-2)6-3/h8H,4-7H2,1-3H3. The predicted octanol–water partition coefficient (Wildman–Crippen LogP) is 2.66. The molecule has 8 heavy (non-hydrogen) atoms. The van der Waals surface area contributed by atoms with Crippen molar-refractivity contribution in [1.29, 1.82) is 0 Å². The van der Waals surface area contributed by atoms with Gasteiger partial charge in [0.15, 0.2) is 0 Å². The average molecular weight is 175 g/mol. The molecule has 0 spiro atoms. The zero-order valence-electron chi connectivity index (χ0n) is 6.41. The molecule has 0 saturated carbocycles. The number of rotatable bonds is 4. The molecule has 0 nitrogen and oxygen atoms in total. The summed E-state index contributed by atoms with van der Waals surface area (Å²) >= 11 is -0.609. The quantitative estimate of drug-likeness (QED) is 0.576. The fourth-order valence-electron chi connectivity index (χ4n) is 1.11. The molecule has 1 heteroatoms. The molecule has 0 N–H and O–H groups in total. The Hall–Kier alpha value is 0.543. The Morgan fingerprint density at radius 2 is 1.50 bits per heavy atom. The molecule has 0 aliphatic rings. The first kappa shape index (κ1) is 8.54. The fourth-order valence-corrected chi connectivity index (χ4v) is 5.74. The first-order valence-electron chi connectivity index (χ1n) is 3.85. The molecule has 0 amide bonds. The summed E-state index contributed by atoms with van der Waals surface area (Å²) in [7, 11) is 0. The van der Waals surface area contributed by atoms with Crippen LogP contribution in [0.1, 0.15) is 27.2 Å². The molecular weight excluding hydrogens is 157 g/mol. The van der Waals surface area contributed by atoms with Gasteiger partial charge in [0.1, 0.15) is 0 Å². The second-order valence-electron chi connectivity index (χ2n) is 2.47. The van der Waals surface area contributed by atoms with Gasteiger partial charge in [0.2, 0.25) is 0 Å². The van der Waals surface area contributed by atoms with E-state index >= 15 is 0 Å². The third kappa shape index (κ3) is 3.53. The first-order chi connectivity index (χ1) is 3.85. The minimum atomic E-state index is -0.609. The Morgan fingerprint density at radius 1 is 1.00 bits per heavy atom. The van der Waals surface area contributed by atoms with E-state index in [1.165, 1.54) is 6.42 Å². The summed E-state index contributed by atoms with van der Waals surface area (Å²) in [5.41, 5.74) is 0. The minimum absolute atomic E-state index is 0.609. The summed E-state index contributed by atoms with van der Waals surface area (Å²) in [6.07, 6.45) is 1.44. The Morgan fingerprint density at radius 3 is 1.62 bits per heavy atom. The Labute approximate surface area is 57.8 Å². The first-order valence-corrected chi connectivity index (χ1v) is 8.99. The third-order valence-electron chi connectivity index (χ3n) is 1.85. The van der Waals surface area contributed by atoms with Crippen molar-refractivity contribution in [1.82, 2.24) is 0 Å². The summed E-state index contributed by atoms with van der Waals surface area (Å²) in [6.45, 7) is 7.04. The van der Waals surface area contributed by atoms with Gasteiger partial charge in [0.05, 0.1) is 0 Å². The maximum atomic E-state index is 2.36. The third-order valence-corrected chi connectivity index (χ3v) is 9.62. The normalized spacial score (nSPS) is 10.5. The van der Waals surface area contributed by atoms with E-state index in [1.54, 1.807) is 15.8 Å². The van der Waals surface area contributed by atoms with Crippen molar-refractivity contribution in [3.8, 4) is 0 Å². The van der Waals surface area contributed by atoms with Crippen LogP contribution in [0.15, 0.2) is 0 Å². The van der Waals surface area contributed by atoms with E-state index in [9.17, 15) is 0 Å². The van der Waals surface area contributed by atoms with Crippen molar-refractivity contribution in [2.24, 2.45) is 0 Å². The zero-order valence-corrected chi connectivity index (χ0v) is 8.83. The summed E-state index contributed by atoms with van der Waals surface area (Å²) in [4.78, 5) is 0. The van der Waals surface area contributed by atoms with Gasteiger partial charge < -0.3 is 0 Å². The van der Waals surface area contributed by atoms with Crippen molar-refractivity contribution in [2.45, 2.75) is 43.0 Å². The van der Waals surface area contributed by atoms with Gasteiger partial charge in [-0.05, 0) is 0 Å². The van der Waals surface area contributed by atoms with Crippen LogP contribution < -0.4 is 0 Å². The van der Waals surface area contributed by atoms with Gasteiger partial charge in [-0.3, -0.25) is 0 Å². The predicted molar refractivity (Wildman–Crippen MR) is 43.2 cm³/mol. The van der Waals surface area contributed by atoms with Crippen molar-refractivity contribution in [3.05, 3.63) is 0 Å². The van der Waals surface area contributed by atoms with Gasteiger partial charge in [-0.2, -0.15) is 0 Å². The van der Waals surface area contributed by atoms with Crippen molar-refractivity contribution in [2.75, 3.05) is 0 Å². The van der Waals surface area contributed by atoms with E-state index in [-0.39, 0.29) is 0 Å². The van der Waals surface area contributed by atoms with Crippen LogP contribution in [0.25, 0.3) is 0 Å². The molecule has 0 unspecified atom stereocenters. The van der Waals surface area contributed by atoms with Crippen LogP contribution in [0.2, 0.25) is 15.8 Å². The van der Waals surface area contributed by atoms with Crippen molar-refractivity contribution < 1.29 is 0 Å². The van der Waals surface area contributed by atoms with E-state index in [0.29, 0.717) is 0 Å². The van der Waals surface area contributed by atoms with Gasteiger partial charge >= 0.3 is 57.3 Å². The summed E-state index contributed by atoms with van der Waals surface area (Å²) in [5.74, 6) is 0. The number of hydrogen-bond acceptors (Lipinski definition) is 0. The van der Waals surface area contributed by atoms with Crippen LogP contribution in [-0.4, -0.2) is 14.3 Å². The molecule has 0 radical (unpaired) electrons. The van der Waals surface area contributed by atoms with E-state index < -0.39 is 14.3 Å². The van der Waals surface area contributed by atoms with Gasteiger partial charge in [-0.15, -0.1) is 0 Å². The van der Waals surface area contributed by atoms with Crippen LogP contribution in [0.3, 0.4) is 0 Å². The van der Waals surface area contributed by atoms with Crippen molar-refractivity contribution >= 4 is 14.3 Å². The summed E-state index contributed by atoms with van der Waals surface area (Å²) < 4.78 is 0. The molecule has 0 aromatic carbocycles. The monoisotopic (exact) mass is 176 g/mol. The molecule has 0 aromatic rings. The van der Waals surface area contributed by atoms with E-state index in [0.717, 1.165) is 0 Å². The average Bonchev–Trinajstić information content (AvgIpc) is 1.83. The molecule has 0 atom stereocenters. The Balaban J connectivity index is 3.07. The topological polar surface area (TPSA) is 0 Å². The molecule has 0 aliphatic carbocycles.